The Morgan fingerprint density at radius 2 is 2.04 bits per heavy atom. The molecule has 0 bridgehead atoms. The molecular weight excluding hydrogens is 408 g/mol. The Morgan fingerprint density at radius 3 is 2.63 bits per heavy atom. The third-order valence-electron chi connectivity index (χ3n) is 4.88. The van der Waals surface area contributed by atoms with Crippen LogP contribution in [0.15, 0.2) is 21.3 Å². The maximum Gasteiger partial charge on any atom is 0.250 e. The zero-order valence-corrected chi connectivity index (χ0v) is 18.3. The van der Waals surface area contributed by atoms with Gasteiger partial charge in [-0.15, -0.1) is 11.3 Å². The number of sulfonamides is 1. The average molecular weight is 437 g/mol. The van der Waals surface area contributed by atoms with Crippen LogP contribution in [0.3, 0.4) is 0 Å². The number of hydrogen-bond donors (Lipinski definition) is 3. The number of rotatable bonds is 10. The van der Waals surface area contributed by atoms with Crippen molar-refractivity contribution in [2.24, 2.45) is 10.4 Å². The minimum Gasteiger partial charge on any atom is -0.385 e. The van der Waals surface area contributed by atoms with E-state index in [1.54, 1.807) is 20.2 Å². The molecule has 154 valence electrons. The van der Waals surface area contributed by atoms with Crippen LogP contribution in [-0.2, 0) is 14.8 Å². The van der Waals surface area contributed by atoms with Crippen molar-refractivity contribution in [2.45, 2.75) is 36.3 Å². The second-order valence-corrected chi connectivity index (χ2v) is 10.5. The molecule has 1 aromatic rings. The first-order chi connectivity index (χ1) is 12.9. The number of ether oxygens (including phenoxy) is 1. The van der Waals surface area contributed by atoms with Gasteiger partial charge in [-0.2, -0.15) is 0 Å². The van der Waals surface area contributed by atoms with Gasteiger partial charge >= 0.3 is 0 Å². The molecule has 1 aliphatic rings. The van der Waals surface area contributed by atoms with Gasteiger partial charge in [-0.25, -0.2) is 13.1 Å². The van der Waals surface area contributed by atoms with Gasteiger partial charge in [0.25, 0.3) is 0 Å². The van der Waals surface area contributed by atoms with Gasteiger partial charge in [0.05, 0.1) is 4.34 Å². The number of nitrogens with one attached hydrogen (secondary N) is 3. The molecule has 1 heterocycles. The van der Waals surface area contributed by atoms with Gasteiger partial charge in [-0.3, -0.25) is 4.99 Å². The standard InChI is InChI=1S/C17H29ClN4O3S2/c1-19-16(21-13-17(9-12-25-2)7-3-4-8-17)20-10-11-22-27(23,24)15-6-5-14(18)26-15/h5-6,22H,3-4,7-13H2,1-2H3,(H2,19,20,21). The molecule has 0 aromatic carbocycles. The molecule has 0 atom stereocenters. The van der Waals surface area contributed by atoms with Crippen LogP contribution in [-0.4, -0.2) is 54.8 Å². The van der Waals surface area contributed by atoms with E-state index < -0.39 is 10.0 Å². The Hall–Kier alpha value is -0.870. The molecule has 1 aliphatic carbocycles. The van der Waals surface area contributed by atoms with Gasteiger partial charge in [0.15, 0.2) is 5.96 Å². The molecule has 10 heteroatoms. The summed E-state index contributed by atoms with van der Waals surface area (Å²) < 4.78 is 32.8. The van der Waals surface area contributed by atoms with Crippen LogP contribution in [0.4, 0.5) is 0 Å². The van der Waals surface area contributed by atoms with E-state index in [0.717, 1.165) is 30.9 Å². The molecule has 3 N–H and O–H groups in total. The van der Waals surface area contributed by atoms with Crippen molar-refractivity contribution < 1.29 is 13.2 Å². The number of nitrogens with zero attached hydrogens (tertiary/aromatic N) is 1. The van der Waals surface area contributed by atoms with Gasteiger partial charge in [-0.05, 0) is 36.8 Å². The average Bonchev–Trinajstić information content (AvgIpc) is 3.29. The number of guanidine groups is 1. The fourth-order valence-corrected chi connectivity index (χ4v) is 5.89. The van der Waals surface area contributed by atoms with Crippen LogP contribution in [0.1, 0.15) is 32.1 Å². The van der Waals surface area contributed by atoms with E-state index in [0.29, 0.717) is 16.8 Å². The molecule has 1 saturated carbocycles. The van der Waals surface area contributed by atoms with Crippen LogP contribution in [0.25, 0.3) is 0 Å². The van der Waals surface area contributed by atoms with Crippen LogP contribution in [0.2, 0.25) is 4.34 Å². The van der Waals surface area contributed by atoms with Crippen LogP contribution in [0.5, 0.6) is 0 Å². The fourth-order valence-electron chi connectivity index (χ4n) is 3.33. The summed E-state index contributed by atoms with van der Waals surface area (Å²) >= 11 is 6.84. The lowest BCUT2D eigenvalue weighted by Gasteiger charge is -2.30. The van der Waals surface area contributed by atoms with E-state index in [1.165, 1.54) is 31.7 Å². The number of methoxy groups -OCH3 is 1. The molecule has 0 radical (unpaired) electrons. The van der Waals surface area contributed by atoms with Gasteiger partial charge in [0.1, 0.15) is 4.21 Å². The predicted octanol–water partition coefficient (Wildman–Crippen LogP) is 2.44. The first kappa shape index (κ1) is 22.4. The second-order valence-electron chi connectivity index (χ2n) is 6.76. The van der Waals surface area contributed by atoms with Crippen molar-refractivity contribution >= 4 is 38.9 Å². The van der Waals surface area contributed by atoms with Crippen molar-refractivity contribution in [1.29, 1.82) is 0 Å². The molecule has 0 amide bonds. The van der Waals surface area contributed by atoms with Gasteiger partial charge < -0.3 is 15.4 Å². The normalized spacial score (nSPS) is 17.2. The van der Waals surface area contributed by atoms with E-state index in [9.17, 15) is 8.42 Å². The van der Waals surface area contributed by atoms with E-state index in [1.807, 2.05) is 0 Å². The molecule has 1 aromatic heterocycles. The molecular formula is C17H29ClN4O3S2. The monoisotopic (exact) mass is 436 g/mol. The first-order valence-electron chi connectivity index (χ1n) is 9.09. The Kier molecular flexibility index (Phi) is 8.81. The Labute approximate surface area is 171 Å². The summed E-state index contributed by atoms with van der Waals surface area (Å²) in [5.41, 5.74) is 0.258. The maximum absolute atomic E-state index is 12.2. The van der Waals surface area contributed by atoms with Crippen molar-refractivity contribution in [3.63, 3.8) is 0 Å². The lowest BCUT2D eigenvalue weighted by atomic mass is 9.83. The minimum atomic E-state index is -3.52. The van der Waals surface area contributed by atoms with Crippen LogP contribution >= 0.6 is 22.9 Å². The lowest BCUT2D eigenvalue weighted by molar-refractivity contribution is 0.138. The summed E-state index contributed by atoms with van der Waals surface area (Å²) in [5.74, 6) is 0.678. The molecule has 27 heavy (non-hydrogen) atoms. The maximum atomic E-state index is 12.2. The lowest BCUT2D eigenvalue weighted by Crippen LogP contribution is -2.45. The van der Waals surface area contributed by atoms with Gasteiger partial charge in [-0.1, -0.05) is 24.4 Å². The zero-order chi connectivity index (χ0) is 19.8. The quantitative estimate of drug-likeness (QED) is 0.297. The number of halogens is 1. The van der Waals surface area contributed by atoms with E-state index in [-0.39, 0.29) is 16.2 Å². The molecule has 0 aliphatic heterocycles. The van der Waals surface area contributed by atoms with Crippen LogP contribution < -0.4 is 15.4 Å². The van der Waals surface area contributed by atoms with Crippen molar-refractivity contribution in [3.8, 4) is 0 Å². The van der Waals surface area contributed by atoms with Crippen molar-refractivity contribution in [2.75, 3.05) is 40.4 Å². The SMILES string of the molecule is CN=C(NCCNS(=O)(=O)c1ccc(Cl)s1)NCC1(CCOC)CCCC1. The van der Waals surface area contributed by atoms with E-state index in [4.69, 9.17) is 16.3 Å². The number of aliphatic imine (C=N–C) groups is 1. The minimum absolute atomic E-state index is 0.219. The highest BCUT2D eigenvalue weighted by molar-refractivity contribution is 7.91. The summed E-state index contributed by atoms with van der Waals surface area (Å²) in [6, 6.07) is 3.08. The van der Waals surface area contributed by atoms with Gasteiger partial charge in [0, 0.05) is 40.4 Å². The Balaban J connectivity index is 1.75. The van der Waals surface area contributed by atoms with Gasteiger partial charge in [0.2, 0.25) is 10.0 Å². The van der Waals surface area contributed by atoms with E-state index >= 15 is 0 Å². The predicted molar refractivity (Wildman–Crippen MR) is 111 cm³/mol. The fraction of sp³-hybridized carbons (Fsp3) is 0.706. The molecule has 0 saturated heterocycles. The second kappa shape index (κ2) is 10.6. The van der Waals surface area contributed by atoms with Crippen LogP contribution in [0, 0.1) is 5.41 Å². The third kappa shape index (κ3) is 6.90. The Morgan fingerprint density at radius 1 is 1.30 bits per heavy atom. The molecule has 2 rings (SSSR count). The summed E-state index contributed by atoms with van der Waals surface area (Å²) in [6.07, 6.45) is 5.95. The summed E-state index contributed by atoms with van der Waals surface area (Å²) in [7, 11) is -0.0699. The molecule has 0 spiro atoms. The summed E-state index contributed by atoms with van der Waals surface area (Å²) in [6.45, 7) is 2.30. The third-order valence-corrected chi connectivity index (χ3v) is 8.06. The molecule has 1 fully saturated rings. The highest BCUT2D eigenvalue weighted by Gasteiger charge is 2.33. The highest BCUT2D eigenvalue weighted by Crippen LogP contribution is 2.40. The zero-order valence-electron chi connectivity index (χ0n) is 15.9. The smallest absolute Gasteiger partial charge is 0.250 e. The largest absolute Gasteiger partial charge is 0.385 e. The summed E-state index contributed by atoms with van der Waals surface area (Å²) in [5, 5.41) is 6.54. The van der Waals surface area contributed by atoms with E-state index in [2.05, 4.69) is 20.3 Å². The molecule has 0 unspecified atom stereocenters. The van der Waals surface area contributed by atoms with Crippen molar-refractivity contribution in [1.82, 2.24) is 15.4 Å². The Bertz CT molecular complexity index is 716. The summed E-state index contributed by atoms with van der Waals surface area (Å²) in [4.78, 5) is 4.23. The van der Waals surface area contributed by atoms with Crippen molar-refractivity contribution in [3.05, 3.63) is 16.5 Å². The number of hydrogen-bond acceptors (Lipinski definition) is 5. The molecule has 7 nitrogen and oxygen atoms in total. The first-order valence-corrected chi connectivity index (χ1v) is 11.8. The highest BCUT2D eigenvalue weighted by atomic mass is 35.5. The topological polar surface area (TPSA) is 91.8 Å². The number of thiophene rings is 1.